The molecule has 0 saturated carbocycles. The van der Waals surface area contributed by atoms with Gasteiger partial charge in [-0.15, -0.1) is 0 Å². The highest BCUT2D eigenvalue weighted by atomic mass is 16.3. The molecule has 39 heavy (non-hydrogen) atoms. The van der Waals surface area contributed by atoms with Crippen LogP contribution in [0.1, 0.15) is 68.3 Å². The molecule has 3 amide bonds. The minimum atomic E-state index is -0.982. The molecule has 0 spiro atoms. The molecule has 0 aliphatic carbocycles. The van der Waals surface area contributed by atoms with Crippen molar-refractivity contribution >= 4 is 34.2 Å². The van der Waals surface area contributed by atoms with Crippen LogP contribution in [-0.4, -0.2) is 29.8 Å². The third kappa shape index (κ3) is 6.55. The topological polar surface area (TPSA) is 91.7 Å². The second kappa shape index (κ2) is 11.6. The highest BCUT2D eigenvalue weighted by molar-refractivity contribution is 6.09. The summed E-state index contributed by atoms with van der Waals surface area (Å²) in [7, 11) is 0. The van der Waals surface area contributed by atoms with Crippen molar-refractivity contribution in [3.63, 3.8) is 0 Å². The van der Waals surface area contributed by atoms with E-state index in [1.807, 2.05) is 87.5 Å². The van der Waals surface area contributed by atoms with Crippen molar-refractivity contribution in [3.05, 3.63) is 102 Å². The Balaban J connectivity index is 1.83. The maximum atomic E-state index is 14.0. The molecule has 0 fully saturated rings. The maximum absolute atomic E-state index is 14.0. The molecular weight excluding hydrogens is 490 g/mol. The number of furan rings is 1. The molecule has 1 aromatic heterocycles. The van der Waals surface area contributed by atoms with Gasteiger partial charge >= 0.3 is 0 Å². The van der Waals surface area contributed by atoms with Crippen LogP contribution in [0.25, 0.3) is 10.8 Å². The minimum Gasteiger partial charge on any atom is -0.459 e. The average Bonchev–Trinajstić information content (AvgIpc) is 3.44. The van der Waals surface area contributed by atoms with Gasteiger partial charge in [0.25, 0.3) is 5.91 Å². The van der Waals surface area contributed by atoms with Gasteiger partial charge in [-0.3, -0.25) is 19.3 Å². The normalized spacial score (nSPS) is 12.3. The number of amides is 3. The predicted octanol–water partition coefficient (Wildman–Crippen LogP) is 5.98. The van der Waals surface area contributed by atoms with Gasteiger partial charge in [0, 0.05) is 10.9 Å². The summed E-state index contributed by atoms with van der Waals surface area (Å²) >= 11 is 0. The first-order chi connectivity index (χ1) is 18.5. The largest absolute Gasteiger partial charge is 0.459 e. The lowest BCUT2D eigenvalue weighted by atomic mass is 9.96. The van der Waals surface area contributed by atoms with Crippen molar-refractivity contribution < 1.29 is 18.8 Å². The van der Waals surface area contributed by atoms with Crippen LogP contribution in [0.2, 0.25) is 0 Å². The molecule has 1 atom stereocenters. The first-order valence-electron chi connectivity index (χ1n) is 13.1. The van der Waals surface area contributed by atoms with Gasteiger partial charge in [0.2, 0.25) is 11.8 Å². The SMILES string of the molecule is CC(C)c1ccc([C@H](C(=O)NC(C)(C)C)N(C(=O)CNC(=O)c2ccco2)c2cccc3ccccc23)cc1. The monoisotopic (exact) mass is 525 g/mol. The van der Waals surface area contributed by atoms with E-state index in [9.17, 15) is 14.4 Å². The van der Waals surface area contributed by atoms with E-state index < -0.39 is 23.4 Å². The molecule has 0 saturated heterocycles. The number of carbonyl (C=O) groups is 3. The number of nitrogens with one attached hydrogen (secondary N) is 2. The zero-order chi connectivity index (χ0) is 28.2. The molecule has 4 rings (SSSR count). The Labute approximate surface area is 229 Å². The van der Waals surface area contributed by atoms with E-state index in [0.717, 1.165) is 16.3 Å². The molecule has 7 heteroatoms. The molecule has 0 bridgehead atoms. The van der Waals surface area contributed by atoms with Crippen molar-refractivity contribution in [2.24, 2.45) is 0 Å². The number of benzene rings is 3. The molecule has 0 aliphatic heterocycles. The number of rotatable bonds is 8. The number of carbonyl (C=O) groups excluding carboxylic acids is 3. The van der Waals surface area contributed by atoms with Crippen LogP contribution in [0.3, 0.4) is 0 Å². The molecule has 0 unspecified atom stereocenters. The Hall–Kier alpha value is -4.39. The van der Waals surface area contributed by atoms with E-state index in [0.29, 0.717) is 17.2 Å². The summed E-state index contributed by atoms with van der Waals surface area (Å²) in [5.41, 5.74) is 1.84. The van der Waals surface area contributed by atoms with E-state index >= 15 is 0 Å². The molecular formula is C32H35N3O4. The van der Waals surface area contributed by atoms with Gasteiger partial charge in [-0.25, -0.2) is 0 Å². The minimum absolute atomic E-state index is 0.103. The molecule has 202 valence electrons. The van der Waals surface area contributed by atoms with Crippen molar-refractivity contribution in [2.45, 2.75) is 52.1 Å². The third-order valence-electron chi connectivity index (χ3n) is 6.36. The fraction of sp³-hybridized carbons (Fsp3) is 0.281. The van der Waals surface area contributed by atoms with Gasteiger partial charge in [-0.1, -0.05) is 74.5 Å². The van der Waals surface area contributed by atoms with Crippen LogP contribution in [0.5, 0.6) is 0 Å². The lowest BCUT2D eigenvalue weighted by molar-refractivity contribution is -0.127. The van der Waals surface area contributed by atoms with Crippen molar-refractivity contribution in [1.82, 2.24) is 10.6 Å². The lowest BCUT2D eigenvalue weighted by Crippen LogP contribution is -2.51. The van der Waals surface area contributed by atoms with E-state index in [-0.39, 0.29) is 18.2 Å². The summed E-state index contributed by atoms with van der Waals surface area (Å²) in [4.78, 5) is 42.1. The fourth-order valence-electron chi connectivity index (χ4n) is 4.49. The molecule has 0 radical (unpaired) electrons. The van der Waals surface area contributed by atoms with E-state index in [1.165, 1.54) is 17.2 Å². The summed E-state index contributed by atoms with van der Waals surface area (Å²) < 4.78 is 5.17. The molecule has 3 aromatic carbocycles. The number of nitrogens with zero attached hydrogens (tertiary/aromatic N) is 1. The van der Waals surface area contributed by atoms with E-state index in [4.69, 9.17) is 4.42 Å². The average molecular weight is 526 g/mol. The summed E-state index contributed by atoms with van der Waals surface area (Å²) in [6, 6.07) is 23.3. The van der Waals surface area contributed by atoms with E-state index in [1.54, 1.807) is 6.07 Å². The van der Waals surface area contributed by atoms with Gasteiger partial charge in [-0.05, 0) is 61.4 Å². The Bertz CT molecular complexity index is 1450. The molecule has 0 aliphatic rings. The quantitative estimate of drug-likeness (QED) is 0.296. The standard InChI is InChI=1S/C32H35N3O4/c1-21(2)22-15-17-24(18-16-22)29(31(38)34-32(3,4)5)35(26-13-8-11-23-10-6-7-12-25(23)26)28(36)20-33-30(37)27-14-9-19-39-27/h6-19,21,29H,20H2,1-5H3,(H,33,37)(H,34,38)/t29-/m1/s1. The van der Waals surface area contributed by atoms with Crippen LogP contribution in [-0.2, 0) is 9.59 Å². The summed E-state index contributed by atoms with van der Waals surface area (Å²) in [6.07, 6.45) is 1.40. The molecule has 7 nitrogen and oxygen atoms in total. The summed E-state index contributed by atoms with van der Waals surface area (Å²) in [5.74, 6) is -0.853. The second-order valence-electron chi connectivity index (χ2n) is 10.9. The zero-order valence-corrected chi connectivity index (χ0v) is 23.0. The number of hydrogen-bond donors (Lipinski definition) is 2. The Morgan fingerprint density at radius 1 is 0.846 bits per heavy atom. The number of fused-ring (bicyclic) bond motifs is 1. The Kier molecular flexibility index (Phi) is 8.19. The van der Waals surface area contributed by atoms with Crippen molar-refractivity contribution in [3.8, 4) is 0 Å². The molecule has 1 heterocycles. The van der Waals surface area contributed by atoms with Crippen LogP contribution in [0.15, 0.2) is 89.5 Å². The predicted molar refractivity (Wildman–Crippen MR) is 154 cm³/mol. The van der Waals surface area contributed by atoms with Gasteiger partial charge in [-0.2, -0.15) is 0 Å². The van der Waals surface area contributed by atoms with Crippen LogP contribution >= 0.6 is 0 Å². The summed E-state index contributed by atoms with van der Waals surface area (Å²) in [5, 5.41) is 7.45. The molecule has 4 aromatic rings. The third-order valence-corrected chi connectivity index (χ3v) is 6.36. The van der Waals surface area contributed by atoms with Gasteiger partial charge < -0.3 is 15.1 Å². The van der Waals surface area contributed by atoms with Crippen molar-refractivity contribution in [2.75, 3.05) is 11.4 Å². The number of anilines is 1. The second-order valence-corrected chi connectivity index (χ2v) is 10.9. The zero-order valence-electron chi connectivity index (χ0n) is 23.0. The highest BCUT2D eigenvalue weighted by Crippen LogP contribution is 2.34. The van der Waals surface area contributed by atoms with Crippen LogP contribution < -0.4 is 15.5 Å². The first-order valence-corrected chi connectivity index (χ1v) is 13.1. The van der Waals surface area contributed by atoms with Gasteiger partial charge in [0.1, 0.15) is 6.04 Å². The lowest BCUT2D eigenvalue weighted by Gasteiger charge is -2.34. The fourth-order valence-corrected chi connectivity index (χ4v) is 4.49. The smallest absolute Gasteiger partial charge is 0.287 e. The van der Waals surface area contributed by atoms with Crippen molar-refractivity contribution in [1.29, 1.82) is 0 Å². The number of hydrogen-bond acceptors (Lipinski definition) is 4. The molecule has 2 N–H and O–H groups in total. The Morgan fingerprint density at radius 2 is 1.51 bits per heavy atom. The van der Waals surface area contributed by atoms with Crippen LogP contribution in [0, 0.1) is 0 Å². The van der Waals surface area contributed by atoms with Gasteiger partial charge in [0.15, 0.2) is 5.76 Å². The van der Waals surface area contributed by atoms with E-state index in [2.05, 4.69) is 24.5 Å². The van der Waals surface area contributed by atoms with Crippen LogP contribution in [0.4, 0.5) is 5.69 Å². The Morgan fingerprint density at radius 3 is 2.15 bits per heavy atom. The first kappa shape index (κ1) is 27.6. The summed E-state index contributed by atoms with van der Waals surface area (Å²) in [6.45, 7) is 9.58. The maximum Gasteiger partial charge on any atom is 0.287 e. The highest BCUT2D eigenvalue weighted by Gasteiger charge is 2.35. The van der Waals surface area contributed by atoms with Gasteiger partial charge in [0.05, 0.1) is 18.5 Å².